The van der Waals surface area contributed by atoms with E-state index in [1.54, 1.807) is 6.26 Å². The van der Waals surface area contributed by atoms with Crippen LogP contribution in [0.5, 0.6) is 0 Å². The summed E-state index contributed by atoms with van der Waals surface area (Å²) in [6.07, 6.45) is 2.63. The first-order valence-corrected chi connectivity index (χ1v) is 7.58. The molecule has 0 spiro atoms. The van der Waals surface area contributed by atoms with Crippen LogP contribution in [0.15, 0.2) is 22.8 Å². The topological polar surface area (TPSA) is 69.0 Å². The van der Waals surface area contributed by atoms with Crippen molar-refractivity contribution in [1.29, 1.82) is 0 Å². The van der Waals surface area contributed by atoms with Gasteiger partial charge >= 0.3 is 0 Å². The smallest absolute Gasteiger partial charge is 0.237 e. The zero-order chi connectivity index (χ0) is 15.1. The third-order valence-corrected chi connectivity index (χ3v) is 3.98. The number of hydrogen-bond donors (Lipinski definition) is 2. The Morgan fingerprint density at radius 3 is 3.00 bits per heavy atom. The van der Waals surface area contributed by atoms with Gasteiger partial charge in [0.2, 0.25) is 5.91 Å². The minimum absolute atomic E-state index is 0.0296. The van der Waals surface area contributed by atoms with Gasteiger partial charge in [0.1, 0.15) is 5.76 Å². The van der Waals surface area contributed by atoms with E-state index in [1.165, 1.54) is 0 Å². The summed E-state index contributed by atoms with van der Waals surface area (Å²) in [5.41, 5.74) is 0. The van der Waals surface area contributed by atoms with Gasteiger partial charge in [-0.1, -0.05) is 0 Å². The van der Waals surface area contributed by atoms with Crippen molar-refractivity contribution in [3.8, 4) is 0 Å². The lowest BCUT2D eigenvalue weighted by Crippen LogP contribution is -2.46. The van der Waals surface area contributed by atoms with Gasteiger partial charge in [0.25, 0.3) is 0 Å². The second kappa shape index (κ2) is 8.17. The van der Waals surface area contributed by atoms with Crippen LogP contribution in [0, 0.1) is 0 Å². The second-order valence-electron chi connectivity index (χ2n) is 5.43. The van der Waals surface area contributed by atoms with E-state index in [9.17, 15) is 4.79 Å². The minimum Gasteiger partial charge on any atom is -0.467 e. The fraction of sp³-hybridized carbons (Fsp3) is 0.667. The largest absolute Gasteiger partial charge is 0.467 e. The number of nitrogens with zero attached hydrogens (tertiary/aromatic N) is 2. The van der Waals surface area contributed by atoms with Crippen molar-refractivity contribution in [2.24, 2.45) is 0 Å². The molecule has 0 saturated carbocycles. The molecule has 1 atom stereocenters. The number of carbonyl (C=O) groups is 1. The zero-order valence-electron chi connectivity index (χ0n) is 12.6. The van der Waals surface area contributed by atoms with Crippen LogP contribution in [0.2, 0.25) is 0 Å². The standard InChI is InChI=1S/C15H25N3O3/c1-13(15(20)16-12-14-4-2-11-21-14)18-6-3-5-17(7-8-18)9-10-19/h2,4,11,13,19H,3,5-10,12H2,1H3,(H,16,20). The summed E-state index contributed by atoms with van der Waals surface area (Å²) < 4.78 is 5.21. The molecule has 0 aliphatic carbocycles. The minimum atomic E-state index is -0.144. The molecule has 1 saturated heterocycles. The molecule has 0 bridgehead atoms. The maximum atomic E-state index is 12.2. The average molecular weight is 295 g/mol. The molecule has 1 aromatic rings. The molecule has 2 N–H and O–H groups in total. The van der Waals surface area contributed by atoms with Crippen LogP contribution in [0.3, 0.4) is 0 Å². The van der Waals surface area contributed by atoms with Crippen LogP contribution < -0.4 is 5.32 Å². The third-order valence-electron chi connectivity index (χ3n) is 3.98. The maximum absolute atomic E-state index is 12.2. The summed E-state index contributed by atoms with van der Waals surface area (Å²) in [5, 5.41) is 11.9. The Morgan fingerprint density at radius 1 is 1.43 bits per heavy atom. The Morgan fingerprint density at radius 2 is 2.29 bits per heavy atom. The van der Waals surface area contributed by atoms with E-state index in [0.29, 0.717) is 13.1 Å². The van der Waals surface area contributed by atoms with Crippen LogP contribution in [0.1, 0.15) is 19.1 Å². The van der Waals surface area contributed by atoms with Crippen molar-refractivity contribution in [3.63, 3.8) is 0 Å². The van der Waals surface area contributed by atoms with E-state index in [-0.39, 0.29) is 18.6 Å². The number of aliphatic hydroxyl groups excluding tert-OH is 1. The molecule has 0 aromatic carbocycles. The van der Waals surface area contributed by atoms with Crippen LogP contribution in [-0.2, 0) is 11.3 Å². The van der Waals surface area contributed by atoms with Crippen LogP contribution >= 0.6 is 0 Å². The number of hydrogen-bond acceptors (Lipinski definition) is 5. The van der Waals surface area contributed by atoms with E-state index in [0.717, 1.165) is 38.4 Å². The lowest BCUT2D eigenvalue weighted by Gasteiger charge is -2.26. The highest BCUT2D eigenvalue weighted by atomic mass is 16.3. The van der Waals surface area contributed by atoms with E-state index in [1.807, 2.05) is 19.1 Å². The lowest BCUT2D eigenvalue weighted by atomic mass is 10.2. The Labute approximate surface area is 125 Å². The van der Waals surface area contributed by atoms with Crippen LogP contribution in [0.25, 0.3) is 0 Å². The molecule has 118 valence electrons. The van der Waals surface area contributed by atoms with Gasteiger partial charge in [0.15, 0.2) is 0 Å². The molecule has 1 aliphatic rings. The van der Waals surface area contributed by atoms with E-state index in [2.05, 4.69) is 15.1 Å². The van der Waals surface area contributed by atoms with Gasteiger partial charge in [-0.2, -0.15) is 0 Å². The number of carbonyl (C=O) groups excluding carboxylic acids is 1. The van der Waals surface area contributed by atoms with Crippen LogP contribution in [0.4, 0.5) is 0 Å². The zero-order valence-corrected chi connectivity index (χ0v) is 12.6. The summed E-state index contributed by atoms with van der Waals surface area (Å²) in [6, 6.07) is 3.52. The van der Waals surface area contributed by atoms with Crippen LogP contribution in [-0.4, -0.2) is 66.2 Å². The van der Waals surface area contributed by atoms with Crippen molar-refractivity contribution in [2.45, 2.75) is 25.9 Å². The lowest BCUT2D eigenvalue weighted by molar-refractivity contribution is -0.126. The number of nitrogens with one attached hydrogen (secondary N) is 1. The number of aliphatic hydroxyl groups is 1. The van der Waals surface area contributed by atoms with Gasteiger partial charge < -0.3 is 14.8 Å². The SMILES string of the molecule is CC(C(=O)NCc1ccco1)N1CCCN(CCO)CC1. The second-order valence-corrected chi connectivity index (χ2v) is 5.43. The highest BCUT2D eigenvalue weighted by Crippen LogP contribution is 2.08. The Hall–Kier alpha value is -1.37. The van der Waals surface area contributed by atoms with E-state index >= 15 is 0 Å². The molecule has 1 amide bonds. The van der Waals surface area contributed by atoms with Gasteiger partial charge in [-0.15, -0.1) is 0 Å². The molecule has 1 aliphatic heterocycles. The summed E-state index contributed by atoms with van der Waals surface area (Å²) >= 11 is 0. The Kier molecular flexibility index (Phi) is 6.22. The molecular weight excluding hydrogens is 270 g/mol. The first-order chi connectivity index (χ1) is 10.2. The number of rotatable bonds is 6. The first-order valence-electron chi connectivity index (χ1n) is 7.58. The Balaban J connectivity index is 1.78. The summed E-state index contributed by atoms with van der Waals surface area (Å²) in [6.45, 7) is 6.94. The third kappa shape index (κ3) is 4.84. The fourth-order valence-electron chi connectivity index (χ4n) is 2.64. The first kappa shape index (κ1) is 16.0. The number of β-amino-alcohol motifs (C(OH)–C–C–N with tert-alkyl or cyclic N) is 1. The predicted molar refractivity (Wildman–Crippen MR) is 79.7 cm³/mol. The number of amides is 1. The van der Waals surface area contributed by atoms with Gasteiger partial charge in [0, 0.05) is 26.2 Å². The molecule has 1 fully saturated rings. The summed E-state index contributed by atoms with van der Waals surface area (Å²) in [5.74, 6) is 0.794. The molecule has 6 nitrogen and oxygen atoms in total. The van der Waals surface area contributed by atoms with Gasteiger partial charge in [-0.3, -0.25) is 14.6 Å². The fourth-order valence-corrected chi connectivity index (χ4v) is 2.64. The monoisotopic (exact) mass is 295 g/mol. The van der Waals surface area contributed by atoms with Crippen molar-refractivity contribution in [3.05, 3.63) is 24.2 Å². The Bertz CT molecular complexity index is 422. The normalized spacial score (nSPS) is 19.1. The molecule has 0 radical (unpaired) electrons. The van der Waals surface area contributed by atoms with E-state index in [4.69, 9.17) is 9.52 Å². The van der Waals surface area contributed by atoms with Crippen molar-refractivity contribution in [1.82, 2.24) is 15.1 Å². The molecule has 1 aromatic heterocycles. The van der Waals surface area contributed by atoms with Gasteiger partial charge in [-0.25, -0.2) is 0 Å². The molecule has 1 unspecified atom stereocenters. The maximum Gasteiger partial charge on any atom is 0.237 e. The van der Waals surface area contributed by atoms with Gasteiger partial charge in [-0.05, 0) is 32.0 Å². The quantitative estimate of drug-likeness (QED) is 0.789. The summed E-state index contributed by atoms with van der Waals surface area (Å²) in [7, 11) is 0. The average Bonchev–Trinajstić information content (AvgIpc) is 2.90. The highest BCUT2D eigenvalue weighted by Gasteiger charge is 2.23. The summed E-state index contributed by atoms with van der Waals surface area (Å²) in [4.78, 5) is 16.7. The van der Waals surface area contributed by atoms with Crippen molar-refractivity contribution >= 4 is 5.91 Å². The molecular formula is C15H25N3O3. The highest BCUT2D eigenvalue weighted by molar-refractivity contribution is 5.81. The molecule has 6 heteroatoms. The van der Waals surface area contributed by atoms with Gasteiger partial charge in [0.05, 0.1) is 25.5 Å². The molecule has 2 rings (SSSR count). The molecule has 2 heterocycles. The predicted octanol–water partition coefficient (Wildman–Crippen LogP) is 0.284. The van der Waals surface area contributed by atoms with Crippen molar-refractivity contribution in [2.75, 3.05) is 39.3 Å². The molecule has 21 heavy (non-hydrogen) atoms. The number of furan rings is 1. The van der Waals surface area contributed by atoms with E-state index < -0.39 is 0 Å². The van der Waals surface area contributed by atoms with Crippen molar-refractivity contribution < 1.29 is 14.3 Å².